The molecule has 0 spiro atoms. The number of amides is 1. The van der Waals surface area contributed by atoms with E-state index >= 15 is 0 Å². The Hall–Kier alpha value is -1.40. The van der Waals surface area contributed by atoms with Crippen LogP contribution in [-0.4, -0.2) is 56.0 Å². The number of benzene rings is 1. The lowest BCUT2D eigenvalue weighted by Crippen LogP contribution is -2.60. The van der Waals surface area contributed by atoms with Gasteiger partial charge in [0.1, 0.15) is 5.25 Å². The second kappa shape index (κ2) is 6.15. The standard InChI is InChI=1S/C18H23NO4S/c20-18(11-13-2-1-3-15(10-13)14-4-5-14)19-7-9-24(21,22)17-12-23-8-6-16(17)19/h1-3,10,14,16-17H,4-9,11-12H2/t16-,17+/m1/s1. The molecule has 1 amide bonds. The van der Waals surface area contributed by atoms with Crippen LogP contribution in [0.2, 0.25) is 0 Å². The number of fused-ring (bicyclic) bond motifs is 1. The normalized spacial score (nSPS) is 29.1. The molecule has 1 aliphatic carbocycles. The molecule has 1 aromatic rings. The fourth-order valence-electron chi connectivity index (χ4n) is 3.90. The van der Waals surface area contributed by atoms with Crippen molar-refractivity contribution in [3.05, 3.63) is 35.4 Å². The molecule has 2 heterocycles. The highest BCUT2D eigenvalue weighted by Gasteiger charge is 2.44. The molecule has 0 N–H and O–H groups in total. The van der Waals surface area contributed by atoms with E-state index in [9.17, 15) is 13.2 Å². The lowest BCUT2D eigenvalue weighted by molar-refractivity contribution is -0.134. The molecule has 2 saturated heterocycles. The van der Waals surface area contributed by atoms with Crippen LogP contribution in [0.1, 0.15) is 36.3 Å². The van der Waals surface area contributed by atoms with Crippen LogP contribution in [0.3, 0.4) is 0 Å². The summed E-state index contributed by atoms with van der Waals surface area (Å²) < 4.78 is 29.9. The third-order valence-electron chi connectivity index (χ3n) is 5.42. The maximum atomic E-state index is 12.8. The van der Waals surface area contributed by atoms with Gasteiger partial charge in [0.2, 0.25) is 5.91 Å². The maximum absolute atomic E-state index is 12.8. The quantitative estimate of drug-likeness (QED) is 0.830. The Morgan fingerprint density at radius 3 is 2.88 bits per heavy atom. The number of carbonyl (C=O) groups is 1. The zero-order valence-electron chi connectivity index (χ0n) is 13.7. The van der Waals surface area contributed by atoms with Gasteiger partial charge in [-0.05, 0) is 36.3 Å². The summed E-state index contributed by atoms with van der Waals surface area (Å²) >= 11 is 0. The molecule has 0 unspecified atom stereocenters. The highest BCUT2D eigenvalue weighted by molar-refractivity contribution is 7.92. The van der Waals surface area contributed by atoms with Crippen molar-refractivity contribution in [2.24, 2.45) is 0 Å². The molecule has 2 atom stereocenters. The van der Waals surface area contributed by atoms with E-state index in [1.165, 1.54) is 18.4 Å². The van der Waals surface area contributed by atoms with Crippen molar-refractivity contribution in [3.63, 3.8) is 0 Å². The topological polar surface area (TPSA) is 63.7 Å². The second-order valence-electron chi connectivity index (χ2n) is 7.12. The van der Waals surface area contributed by atoms with Gasteiger partial charge in [0.25, 0.3) is 0 Å². The smallest absolute Gasteiger partial charge is 0.227 e. The zero-order chi connectivity index (χ0) is 16.7. The summed E-state index contributed by atoms with van der Waals surface area (Å²) in [6.45, 7) is 1.05. The molecule has 24 heavy (non-hydrogen) atoms. The van der Waals surface area contributed by atoms with Gasteiger partial charge >= 0.3 is 0 Å². The highest BCUT2D eigenvalue weighted by atomic mass is 32.2. The Balaban J connectivity index is 1.50. The number of ether oxygens (including phenoxy) is 1. The van der Waals surface area contributed by atoms with Gasteiger partial charge in [0, 0.05) is 13.2 Å². The van der Waals surface area contributed by atoms with E-state index in [0.717, 1.165) is 5.56 Å². The Morgan fingerprint density at radius 1 is 1.25 bits per heavy atom. The lowest BCUT2D eigenvalue weighted by atomic mass is 10.0. The summed E-state index contributed by atoms with van der Waals surface area (Å²) in [5.41, 5.74) is 2.35. The van der Waals surface area contributed by atoms with Crippen molar-refractivity contribution >= 4 is 15.7 Å². The summed E-state index contributed by atoms with van der Waals surface area (Å²) in [5, 5.41) is -0.554. The van der Waals surface area contributed by atoms with E-state index in [4.69, 9.17) is 4.74 Å². The van der Waals surface area contributed by atoms with Crippen LogP contribution >= 0.6 is 0 Å². The monoisotopic (exact) mass is 349 g/mol. The molecule has 1 aromatic carbocycles. The highest BCUT2D eigenvalue weighted by Crippen LogP contribution is 2.40. The predicted molar refractivity (Wildman–Crippen MR) is 90.6 cm³/mol. The summed E-state index contributed by atoms with van der Waals surface area (Å²) in [5.74, 6) is 0.751. The summed E-state index contributed by atoms with van der Waals surface area (Å²) in [7, 11) is -3.15. The van der Waals surface area contributed by atoms with Crippen LogP contribution in [0.4, 0.5) is 0 Å². The van der Waals surface area contributed by atoms with E-state index in [0.29, 0.717) is 31.9 Å². The molecule has 6 heteroatoms. The van der Waals surface area contributed by atoms with Crippen molar-refractivity contribution in [2.75, 3.05) is 25.5 Å². The fraction of sp³-hybridized carbons (Fsp3) is 0.611. The van der Waals surface area contributed by atoms with Gasteiger partial charge in [0.05, 0.1) is 24.8 Å². The van der Waals surface area contributed by atoms with E-state index < -0.39 is 15.1 Å². The largest absolute Gasteiger partial charge is 0.380 e. The Morgan fingerprint density at radius 2 is 2.08 bits per heavy atom. The number of hydrogen-bond acceptors (Lipinski definition) is 4. The van der Waals surface area contributed by atoms with Crippen molar-refractivity contribution in [1.29, 1.82) is 0 Å². The molecular weight excluding hydrogens is 326 g/mol. The van der Waals surface area contributed by atoms with Crippen LogP contribution in [0.5, 0.6) is 0 Å². The Labute approximate surface area is 142 Å². The van der Waals surface area contributed by atoms with Gasteiger partial charge in [-0.25, -0.2) is 8.42 Å². The third-order valence-corrected chi connectivity index (χ3v) is 7.55. The average molecular weight is 349 g/mol. The van der Waals surface area contributed by atoms with Crippen LogP contribution in [0.15, 0.2) is 24.3 Å². The van der Waals surface area contributed by atoms with Gasteiger partial charge in [0.15, 0.2) is 9.84 Å². The van der Waals surface area contributed by atoms with Gasteiger partial charge in [-0.2, -0.15) is 0 Å². The first-order chi connectivity index (χ1) is 11.5. The lowest BCUT2D eigenvalue weighted by Gasteiger charge is -2.43. The predicted octanol–water partition coefficient (Wildman–Crippen LogP) is 1.52. The van der Waals surface area contributed by atoms with Gasteiger partial charge in [-0.1, -0.05) is 24.3 Å². The summed E-state index contributed by atoms with van der Waals surface area (Å²) in [6, 6.07) is 8.06. The summed E-state index contributed by atoms with van der Waals surface area (Å²) in [4.78, 5) is 14.6. The first-order valence-corrected chi connectivity index (χ1v) is 10.4. The van der Waals surface area contributed by atoms with Crippen molar-refractivity contribution < 1.29 is 17.9 Å². The maximum Gasteiger partial charge on any atom is 0.227 e. The van der Waals surface area contributed by atoms with E-state index in [1.807, 2.05) is 12.1 Å². The molecule has 1 saturated carbocycles. The van der Waals surface area contributed by atoms with Crippen molar-refractivity contribution in [3.8, 4) is 0 Å². The molecule has 3 aliphatic rings. The van der Waals surface area contributed by atoms with Gasteiger partial charge in [-0.3, -0.25) is 4.79 Å². The number of rotatable bonds is 3. The van der Waals surface area contributed by atoms with E-state index in [-0.39, 0.29) is 24.3 Å². The average Bonchev–Trinajstić information content (AvgIpc) is 3.40. The Bertz CT molecular complexity index is 741. The first kappa shape index (κ1) is 16.1. The van der Waals surface area contributed by atoms with Crippen LogP contribution in [0.25, 0.3) is 0 Å². The number of nitrogens with zero attached hydrogens (tertiary/aromatic N) is 1. The van der Waals surface area contributed by atoms with Crippen molar-refractivity contribution in [2.45, 2.75) is 42.9 Å². The van der Waals surface area contributed by atoms with Gasteiger partial charge in [-0.15, -0.1) is 0 Å². The minimum absolute atomic E-state index is 0.0368. The molecule has 5 nitrogen and oxygen atoms in total. The SMILES string of the molecule is O=C(Cc1cccc(C2CC2)c1)N1CCS(=O)(=O)[C@H]2COCC[C@H]21. The molecule has 2 aliphatic heterocycles. The summed E-state index contributed by atoms with van der Waals surface area (Å²) in [6.07, 6.45) is 3.44. The second-order valence-corrected chi connectivity index (χ2v) is 9.46. The Kier molecular flexibility index (Phi) is 4.12. The van der Waals surface area contributed by atoms with Crippen molar-refractivity contribution in [1.82, 2.24) is 4.90 Å². The van der Waals surface area contributed by atoms with Crippen LogP contribution in [0, 0.1) is 0 Å². The zero-order valence-corrected chi connectivity index (χ0v) is 14.5. The molecule has 0 bridgehead atoms. The number of sulfone groups is 1. The van der Waals surface area contributed by atoms with Gasteiger partial charge < -0.3 is 9.64 Å². The first-order valence-electron chi connectivity index (χ1n) is 8.72. The minimum atomic E-state index is -3.15. The molecule has 3 fully saturated rings. The van der Waals surface area contributed by atoms with Crippen LogP contribution < -0.4 is 0 Å². The molecule has 0 radical (unpaired) electrons. The fourth-order valence-corrected chi connectivity index (χ4v) is 5.72. The molecule has 130 valence electrons. The number of hydrogen-bond donors (Lipinski definition) is 0. The minimum Gasteiger partial charge on any atom is -0.380 e. The van der Waals surface area contributed by atoms with E-state index in [2.05, 4.69) is 12.1 Å². The molecule has 0 aromatic heterocycles. The molecular formula is C18H23NO4S. The van der Waals surface area contributed by atoms with E-state index in [1.54, 1.807) is 4.90 Å². The third kappa shape index (κ3) is 3.09. The number of carbonyl (C=O) groups excluding carboxylic acids is 1. The molecule has 4 rings (SSSR count). The van der Waals surface area contributed by atoms with Crippen LogP contribution in [-0.2, 0) is 25.8 Å².